The van der Waals surface area contributed by atoms with Crippen LogP contribution in [0, 0.1) is 11.8 Å². The Morgan fingerprint density at radius 2 is 1.98 bits per heavy atom. The summed E-state index contributed by atoms with van der Waals surface area (Å²) in [5, 5.41) is 10.6. The van der Waals surface area contributed by atoms with Crippen LogP contribution >= 0.6 is 11.8 Å². The predicted octanol–water partition coefficient (Wildman–Crippen LogP) is 1.76. The standard InChI is InChI=1S/C31H41N3O6S/c1-3-12-33(14-13-32-15-18-39-19-16-32)29(37)27-31-11-10-24(41-31)25(30(38)40-17-4-2)26(31)28(36)34(27)23(21-35)20-22-8-6-5-7-9-22/h3-9,23-27,35H,1-2,10-21H2/t23-,24+,25-,26+,27?,31?/m1/s1. The molecule has 1 aromatic carbocycles. The van der Waals surface area contributed by atoms with Gasteiger partial charge in [0.2, 0.25) is 11.8 Å². The summed E-state index contributed by atoms with van der Waals surface area (Å²) in [6.45, 7) is 11.8. The molecule has 222 valence electrons. The van der Waals surface area contributed by atoms with Gasteiger partial charge in [-0.1, -0.05) is 49.1 Å². The molecule has 4 aliphatic heterocycles. The molecule has 2 unspecified atom stereocenters. The molecule has 10 heteroatoms. The largest absolute Gasteiger partial charge is 0.461 e. The molecule has 1 spiro atoms. The van der Waals surface area contributed by atoms with E-state index in [1.807, 2.05) is 30.3 Å². The average Bonchev–Trinajstić information content (AvgIpc) is 3.65. The van der Waals surface area contributed by atoms with Crippen LogP contribution in [0.4, 0.5) is 0 Å². The van der Waals surface area contributed by atoms with Gasteiger partial charge in [-0.2, -0.15) is 0 Å². The number of aliphatic hydroxyl groups is 1. The zero-order valence-electron chi connectivity index (χ0n) is 23.6. The number of hydrogen-bond donors (Lipinski definition) is 1. The Morgan fingerprint density at radius 1 is 1.22 bits per heavy atom. The van der Waals surface area contributed by atoms with Crippen molar-refractivity contribution in [3.63, 3.8) is 0 Å². The lowest BCUT2D eigenvalue weighted by atomic mass is 9.71. The SMILES string of the molecule is C=CCOC(=O)[C@@H]1[C@@H]2CCC3(S2)C(C(=O)N(CC=C)CCN2CCOCC2)N([C@@H](CO)Cc2ccccc2)C(=O)[C@H]13. The van der Waals surface area contributed by atoms with Crippen LogP contribution in [0.1, 0.15) is 18.4 Å². The summed E-state index contributed by atoms with van der Waals surface area (Å²) in [5.41, 5.74) is 0.967. The zero-order valence-corrected chi connectivity index (χ0v) is 24.4. The van der Waals surface area contributed by atoms with E-state index in [0.717, 1.165) is 25.1 Å². The maximum atomic E-state index is 14.6. The summed E-state index contributed by atoms with van der Waals surface area (Å²) in [4.78, 5) is 48.0. The maximum Gasteiger partial charge on any atom is 0.311 e. The summed E-state index contributed by atoms with van der Waals surface area (Å²) in [5.74, 6) is -2.09. The highest BCUT2D eigenvalue weighted by atomic mass is 32.2. The predicted molar refractivity (Wildman–Crippen MR) is 157 cm³/mol. The number of fused-ring (bicyclic) bond motifs is 1. The Kier molecular flexibility index (Phi) is 9.53. The fourth-order valence-electron chi connectivity index (χ4n) is 7.11. The van der Waals surface area contributed by atoms with E-state index in [2.05, 4.69) is 18.1 Å². The van der Waals surface area contributed by atoms with Gasteiger partial charge in [0.25, 0.3) is 0 Å². The van der Waals surface area contributed by atoms with Gasteiger partial charge >= 0.3 is 5.97 Å². The van der Waals surface area contributed by atoms with Crippen molar-refractivity contribution < 1.29 is 29.0 Å². The molecule has 6 atom stereocenters. The van der Waals surface area contributed by atoms with E-state index < -0.39 is 34.6 Å². The molecule has 4 saturated heterocycles. The number of carbonyl (C=O) groups is 3. The number of rotatable bonds is 13. The quantitative estimate of drug-likeness (QED) is 0.277. The molecule has 0 aliphatic carbocycles. The topological polar surface area (TPSA) is 99.6 Å². The monoisotopic (exact) mass is 583 g/mol. The average molecular weight is 584 g/mol. The smallest absolute Gasteiger partial charge is 0.311 e. The number of ether oxygens (including phenoxy) is 2. The number of likely N-dealkylation sites (tertiary alicyclic amines) is 1. The van der Waals surface area contributed by atoms with Crippen molar-refractivity contribution in [2.45, 2.75) is 41.3 Å². The fourth-order valence-corrected chi connectivity index (χ4v) is 9.30. The molecule has 9 nitrogen and oxygen atoms in total. The fraction of sp³-hybridized carbons (Fsp3) is 0.581. The molecule has 0 radical (unpaired) electrons. The minimum Gasteiger partial charge on any atom is -0.461 e. The molecule has 0 aromatic heterocycles. The lowest BCUT2D eigenvalue weighted by molar-refractivity contribution is -0.153. The Labute approximate surface area is 246 Å². The van der Waals surface area contributed by atoms with Crippen molar-refractivity contribution in [1.29, 1.82) is 0 Å². The highest BCUT2D eigenvalue weighted by molar-refractivity contribution is 8.02. The summed E-state index contributed by atoms with van der Waals surface area (Å²) >= 11 is 1.61. The van der Waals surface area contributed by atoms with Crippen molar-refractivity contribution in [2.24, 2.45) is 11.8 Å². The van der Waals surface area contributed by atoms with E-state index in [4.69, 9.17) is 9.47 Å². The van der Waals surface area contributed by atoms with Gasteiger partial charge in [0, 0.05) is 38.0 Å². The van der Waals surface area contributed by atoms with Gasteiger partial charge in [-0.3, -0.25) is 19.3 Å². The van der Waals surface area contributed by atoms with Crippen molar-refractivity contribution in [1.82, 2.24) is 14.7 Å². The number of benzene rings is 1. The van der Waals surface area contributed by atoms with Crippen LogP contribution in [0.15, 0.2) is 55.6 Å². The van der Waals surface area contributed by atoms with Gasteiger partial charge in [0.05, 0.1) is 42.4 Å². The third-order valence-electron chi connectivity index (χ3n) is 8.96. The molecule has 4 heterocycles. The second kappa shape index (κ2) is 13.1. The van der Waals surface area contributed by atoms with Gasteiger partial charge in [-0.05, 0) is 24.8 Å². The maximum absolute atomic E-state index is 14.6. The van der Waals surface area contributed by atoms with E-state index in [-0.39, 0.29) is 30.3 Å². The Bertz CT molecular complexity index is 1130. The van der Waals surface area contributed by atoms with Gasteiger partial charge in [-0.15, -0.1) is 18.3 Å². The third kappa shape index (κ3) is 5.71. The number of amides is 2. The highest BCUT2D eigenvalue weighted by Gasteiger charge is 2.74. The second-order valence-corrected chi connectivity index (χ2v) is 12.9. The van der Waals surface area contributed by atoms with E-state index in [9.17, 15) is 19.5 Å². The summed E-state index contributed by atoms with van der Waals surface area (Å²) in [7, 11) is 0. The Hall–Kier alpha value is -2.66. The summed E-state index contributed by atoms with van der Waals surface area (Å²) in [6, 6.07) is 8.29. The first-order valence-electron chi connectivity index (χ1n) is 14.6. The number of hydrogen-bond acceptors (Lipinski definition) is 8. The van der Waals surface area contributed by atoms with Crippen LogP contribution in [-0.2, 0) is 30.3 Å². The lowest BCUT2D eigenvalue weighted by Gasteiger charge is -2.40. The molecule has 2 amide bonds. The van der Waals surface area contributed by atoms with Crippen molar-refractivity contribution in [3.8, 4) is 0 Å². The van der Waals surface area contributed by atoms with Crippen LogP contribution in [-0.4, -0.2) is 119 Å². The number of morpholine rings is 1. The van der Waals surface area contributed by atoms with E-state index in [1.54, 1.807) is 27.6 Å². The molecular formula is C31H41N3O6S. The number of carbonyl (C=O) groups excluding carboxylic acids is 3. The van der Waals surface area contributed by atoms with Crippen molar-refractivity contribution in [2.75, 3.05) is 59.2 Å². The van der Waals surface area contributed by atoms with Gasteiger partial charge in [0.1, 0.15) is 12.6 Å². The van der Waals surface area contributed by atoms with Gasteiger partial charge < -0.3 is 24.4 Å². The minimum atomic E-state index is -0.794. The van der Waals surface area contributed by atoms with Crippen molar-refractivity contribution >= 4 is 29.5 Å². The van der Waals surface area contributed by atoms with E-state index in [0.29, 0.717) is 45.7 Å². The molecule has 4 aliphatic rings. The first kappa shape index (κ1) is 29.8. The van der Waals surface area contributed by atoms with Crippen LogP contribution in [0.5, 0.6) is 0 Å². The lowest BCUT2D eigenvalue weighted by Crippen LogP contribution is -2.58. The van der Waals surface area contributed by atoms with Crippen molar-refractivity contribution in [3.05, 3.63) is 61.2 Å². The number of thioether (sulfide) groups is 1. The van der Waals surface area contributed by atoms with Crippen LogP contribution in [0.25, 0.3) is 0 Å². The van der Waals surface area contributed by atoms with E-state index in [1.165, 1.54) is 6.08 Å². The molecule has 2 bridgehead atoms. The highest BCUT2D eigenvalue weighted by Crippen LogP contribution is 2.67. The molecule has 41 heavy (non-hydrogen) atoms. The molecule has 0 saturated carbocycles. The van der Waals surface area contributed by atoms with Crippen LogP contribution < -0.4 is 0 Å². The normalized spacial score (nSPS) is 29.7. The molecular weight excluding hydrogens is 542 g/mol. The minimum absolute atomic E-state index is 0.0780. The number of aliphatic hydroxyl groups excluding tert-OH is 1. The summed E-state index contributed by atoms with van der Waals surface area (Å²) in [6.07, 6.45) is 5.04. The van der Waals surface area contributed by atoms with E-state index >= 15 is 0 Å². The first-order valence-corrected chi connectivity index (χ1v) is 15.4. The number of nitrogens with zero attached hydrogens (tertiary/aromatic N) is 3. The second-order valence-electron chi connectivity index (χ2n) is 11.3. The Balaban J connectivity index is 1.49. The third-order valence-corrected chi connectivity index (χ3v) is 10.9. The van der Waals surface area contributed by atoms with Gasteiger partial charge in [0.15, 0.2) is 0 Å². The number of esters is 1. The zero-order chi connectivity index (χ0) is 29.0. The molecule has 4 fully saturated rings. The van der Waals surface area contributed by atoms with Crippen LogP contribution in [0.3, 0.4) is 0 Å². The molecule has 5 rings (SSSR count). The van der Waals surface area contributed by atoms with Crippen LogP contribution in [0.2, 0.25) is 0 Å². The molecule has 1 aromatic rings. The first-order chi connectivity index (χ1) is 19.9. The van der Waals surface area contributed by atoms with Gasteiger partial charge in [-0.25, -0.2) is 0 Å². The Morgan fingerprint density at radius 3 is 2.66 bits per heavy atom. The molecule has 1 N–H and O–H groups in total. The summed E-state index contributed by atoms with van der Waals surface area (Å²) < 4.78 is 10.2.